The first-order valence-electron chi connectivity index (χ1n) is 6.56. The number of rotatable bonds is 4. The first kappa shape index (κ1) is 14.4. The lowest BCUT2D eigenvalue weighted by Gasteiger charge is -2.14. The summed E-state index contributed by atoms with van der Waals surface area (Å²) in [5, 5.41) is 0. The molecule has 0 aromatic heterocycles. The molecule has 0 spiro atoms. The Morgan fingerprint density at radius 2 is 1.65 bits per heavy atom. The Labute approximate surface area is 118 Å². The van der Waals surface area contributed by atoms with Gasteiger partial charge in [-0.05, 0) is 12.8 Å². The maximum absolute atomic E-state index is 11.5. The Bertz CT molecular complexity index is 512. The normalized spacial score (nSPS) is 17.1. The van der Waals surface area contributed by atoms with Crippen LogP contribution in [0.5, 0.6) is 17.2 Å². The fourth-order valence-corrected chi connectivity index (χ4v) is 2.30. The molecule has 20 heavy (non-hydrogen) atoms. The van der Waals surface area contributed by atoms with Gasteiger partial charge in [0.25, 0.3) is 0 Å². The van der Waals surface area contributed by atoms with E-state index in [2.05, 4.69) is 4.99 Å². The Balaban J connectivity index is 2.36. The molecule has 1 aromatic rings. The number of methoxy groups -OCH3 is 3. The minimum Gasteiger partial charge on any atom is -0.493 e. The van der Waals surface area contributed by atoms with Crippen LogP contribution in [0.2, 0.25) is 0 Å². The maximum atomic E-state index is 11.5. The van der Waals surface area contributed by atoms with Gasteiger partial charge in [0.1, 0.15) is 5.78 Å². The van der Waals surface area contributed by atoms with E-state index in [0.717, 1.165) is 18.6 Å². The monoisotopic (exact) mass is 277 g/mol. The fourth-order valence-electron chi connectivity index (χ4n) is 2.30. The lowest BCUT2D eigenvalue weighted by Crippen LogP contribution is -2.13. The minimum atomic E-state index is 0.252. The second-order valence-electron chi connectivity index (χ2n) is 4.63. The Morgan fingerprint density at radius 1 is 1.00 bits per heavy atom. The zero-order chi connectivity index (χ0) is 14.5. The van der Waals surface area contributed by atoms with Crippen molar-refractivity contribution < 1.29 is 19.0 Å². The van der Waals surface area contributed by atoms with Gasteiger partial charge in [0.2, 0.25) is 5.75 Å². The highest BCUT2D eigenvalue weighted by atomic mass is 16.5. The van der Waals surface area contributed by atoms with Crippen LogP contribution in [0.1, 0.15) is 25.7 Å². The van der Waals surface area contributed by atoms with Crippen LogP contribution >= 0.6 is 0 Å². The summed E-state index contributed by atoms with van der Waals surface area (Å²) in [6, 6.07) is 3.57. The summed E-state index contributed by atoms with van der Waals surface area (Å²) in [6.07, 6.45) is 2.84. The van der Waals surface area contributed by atoms with Crippen molar-refractivity contribution in [1.82, 2.24) is 0 Å². The first-order valence-corrected chi connectivity index (χ1v) is 6.56. The van der Waals surface area contributed by atoms with E-state index in [1.54, 1.807) is 33.5 Å². The lowest BCUT2D eigenvalue weighted by atomic mass is 9.97. The van der Waals surface area contributed by atoms with Gasteiger partial charge in [-0.3, -0.25) is 9.79 Å². The molecular weight excluding hydrogens is 258 g/mol. The van der Waals surface area contributed by atoms with Crippen molar-refractivity contribution in [3.63, 3.8) is 0 Å². The highest BCUT2D eigenvalue weighted by Crippen LogP contribution is 2.41. The average molecular weight is 277 g/mol. The summed E-state index contributed by atoms with van der Waals surface area (Å²) in [7, 11) is 4.70. The maximum Gasteiger partial charge on any atom is 0.203 e. The van der Waals surface area contributed by atoms with Gasteiger partial charge in [0.05, 0.1) is 27.0 Å². The third-order valence-electron chi connectivity index (χ3n) is 3.26. The summed E-state index contributed by atoms with van der Waals surface area (Å²) in [5.41, 5.74) is 1.62. The van der Waals surface area contributed by atoms with E-state index in [0.29, 0.717) is 35.8 Å². The van der Waals surface area contributed by atoms with Gasteiger partial charge >= 0.3 is 0 Å². The van der Waals surface area contributed by atoms with Crippen LogP contribution in [0.15, 0.2) is 17.1 Å². The number of Topliss-reactive ketones (excluding diaryl/α,β-unsaturated/α-hetero) is 1. The average Bonchev–Trinajstić information content (AvgIpc) is 2.46. The van der Waals surface area contributed by atoms with Gasteiger partial charge < -0.3 is 14.2 Å². The number of hydrogen-bond donors (Lipinski definition) is 0. The molecule has 0 amide bonds. The second-order valence-corrected chi connectivity index (χ2v) is 4.63. The summed E-state index contributed by atoms with van der Waals surface area (Å²) in [4.78, 5) is 16.0. The largest absolute Gasteiger partial charge is 0.493 e. The van der Waals surface area contributed by atoms with Gasteiger partial charge in [-0.15, -0.1) is 0 Å². The molecule has 0 radical (unpaired) electrons. The molecule has 1 aliphatic rings. The van der Waals surface area contributed by atoms with E-state index < -0.39 is 0 Å². The van der Waals surface area contributed by atoms with Crippen molar-refractivity contribution in [2.45, 2.75) is 25.7 Å². The van der Waals surface area contributed by atoms with Crippen LogP contribution in [0.25, 0.3) is 0 Å². The zero-order valence-corrected chi connectivity index (χ0v) is 12.1. The molecule has 0 aliphatic heterocycles. The first-order chi connectivity index (χ1) is 9.67. The van der Waals surface area contributed by atoms with Gasteiger partial charge in [-0.2, -0.15) is 0 Å². The van der Waals surface area contributed by atoms with E-state index in [-0.39, 0.29) is 5.78 Å². The molecule has 0 saturated heterocycles. The van der Waals surface area contributed by atoms with Crippen LogP contribution < -0.4 is 14.2 Å². The van der Waals surface area contributed by atoms with Crippen molar-refractivity contribution in [1.29, 1.82) is 0 Å². The van der Waals surface area contributed by atoms with Crippen LogP contribution in [-0.2, 0) is 4.79 Å². The van der Waals surface area contributed by atoms with Crippen LogP contribution in [0.3, 0.4) is 0 Å². The van der Waals surface area contributed by atoms with E-state index >= 15 is 0 Å². The molecule has 108 valence electrons. The molecule has 1 aromatic carbocycles. The lowest BCUT2D eigenvalue weighted by molar-refractivity contribution is -0.118. The minimum absolute atomic E-state index is 0.252. The standard InChI is InChI=1S/C15H19NO4/c1-18-13-8-11(9-14(19-2)15(13)20-3)16-10-5-4-6-12(17)7-10/h8-9H,4-7H2,1-3H3. The highest BCUT2D eigenvalue weighted by molar-refractivity contribution is 6.04. The SMILES string of the molecule is COc1cc(N=C2CCCC(=O)C2)cc(OC)c1OC. The molecular formula is C15H19NO4. The predicted octanol–water partition coefficient (Wildman–Crippen LogP) is 2.93. The van der Waals surface area contributed by atoms with Gasteiger partial charge in [-0.1, -0.05) is 0 Å². The van der Waals surface area contributed by atoms with Crippen LogP contribution in [0.4, 0.5) is 5.69 Å². The quantitative estimate of drug-likeness (QED) is 0.849. The number of ether oxygens (including phenoxy) is 3. The molecule has 0 bridgehead atoms. The van der Waals surface area contributed by atoms with Gasteiger partial charge in [0.15, 0.2) is 11.5 Å². The number of ketones is 1. The topological polar surface area (TPSA) is 57.1 Å². The van der Waals surface area contributed by atoms with Crippen LogP contribution in [0, 0.1) is 0 Å². The molecule has 2 rings (SSSR count). The van der Waals surface area contributed by atoms with Gasteiger partial charge in [-0.25, -0.2) is 0 Å². The van der Waals surface area contributed by atoms with E-state index in [4.69, 9.17) is 14.2 Å². The molecule has 0 N–H and O–H groups in total. The van der Waals surface area contributed by atoms with Crippen LogP contribution in [-0.4, -0.2) is 32.8 Å². The Morgan fingerprint density at radius 3 is 2.15 bits per heavy atom. The van der Waals surface area contributed by atoms with Crippen molar-refractivity contribution in [2.24, 2.45) is 4.99 Å². The van der Waals surface area contributed by atoms with E-state index in [9.17, 15) is 4.79 Å². The molecule has 1 aliphatic carbocycles. The predicted molar refractivity (Wildman–Crippen MR) is 76.7 cm³/mol. The fraction of sp³-hybridized carbons (Fsp3) is 0.467. The summed E-state index contributed by atoms with van der Waals surface area (Å²) in [5.74, 6) is 1.92. The van der Waals surface area contributed by atoms with Crippen molar-refractivity contribution >= 4 is 17.2 Å². The molecule has 0 heterocycles. The summed E-state index contributed by atoms with van der Waals surface area (Å²) < 4.78 is 15.8. The second kappa shape index (κ2) is 6.41. The molecule has 0 unspecified atom stereocenters. The van der Waals surface area contributed by atoms with Crippen molar-refractivity contribution in [3.8, 4) is 17.2 Å². The van der Waals surface area contributed by atoms with E-state index in [1.807, 2.05) is 0 Å². The number of carbonyl (C=O) groups excluding carboxylic acids is 1. The van der Waals surface area contributed by atoms with Crippen molar-refractivity contribution in [2.75, 3.05) is 21.3 Å². The third-order valence-corrected chi connectivity index (χ3v) is 3.26. The van der Waals surface area contributed by atoms with Crippen molar-refractivity contribution in [3.05, 3.63) is 12.1 Å². The molecule has 1 saturated carbocycles. The summed E-state index contributed by atoms with van der Waals surface area (Å²) in [6.45, 7) is 0. The molecule has 5 heteroatoms. The molecule has 5 nitrogen and oxygen atoms in total. The number of aliphatic imine (C=N–C) groups is 1. The Kier molecular flexibility index (Phi) is 4.61. The Hall–Kier alpha value is -2.04. The number of nitrogens with zero attached hydrogens (tertiary/aromatic N) is 1. The van der Waals surface area contributed by atoms with Gasteiger partial charge in [0, 0.05) is 30.7 Å². The number of carbonyl (C=O) groups is 1. The summed E-state index contributed by atoms with van der Waals surface area (Å²) >= 11 is 0. The zero-order valence-electron chi connectivity index (χ0n) is 12.1. The number of hydrogen-bond acceptors (Lipinski definition) is 5. The molecule has 1 fully saturated rings. The third kappa shape index (κ3) is 3.10. The smallest absolute Gasteiger partial charge is 0.203 e. The molecule has 0 atom stereocenters. The number of benzene rings is 1. The highest BCUT2D eigenvalue weighted by Gasteiger charge is 2.16. The van der Waals surface area contributed by atoms with E-state index in [1.165, 1.54) is 0 Å².